The highest BCUT2D eigenvalue weighted by Crippen LogP contribution is 2.44. The Bertz CT molecular complexity index is 1230. The van der Waals surface area contributed by atoms with Crippen molar-refractivity contribution in [1.82, 2.24) is 5.43 Å². The summed E-state index contributed by atoms with van der Waals surface area (Å²) in [6.45, 7) is 11.4. The van der Waals surface area contributed by atoms with Gasteiger partial charge >= 0.3 is 5.91 Å². The fourth-order valence-corrected chi connectivity index (χ4v) is 5.55. The minimum Gasteiger partial charge on any atom is -0.493 e. The molecule has 0 radical (unpaired) electrons. The third-order valence-electron chi connectivity index (χ3n) is 6.19. The smallest absolute Gasteiger partial charge is 0.307 e. The van der Waals surface area contributed by atoms with Gasteiger partial charge in [0.1, 0.15) is 0 Å². The highest BCUT2D eigenvalue weighted by atomic mass is 79.9. The van der Waals surface area contributed by atoms with Gasteiger partial charge in [-0.05, 0) is 81.5 Å². The van der Waals surface area contributed by atoms with Gasteiger partial charge in [-0.3, -0.25) is 4.79 Å². The molecule has 0 spiro atoms. The molecular weight excluding hydrogens is 482 g/mol. The van der Waals surface area contributed by atoms with Gasteiger partial charge in [-0.2, -0.15) is 5.10 Å². The van der Waals surface area contributed by atoms with E-state index in [2.05, 4.69) is 78.1 Å². The average molecular weight is 512 g/mol. The van der Waals surface area contributed by atoms with Crippen LogP contribution < -0.4 is 15.1 Å². The Morgan fingerprint density at radius 3 is 2.76 bits per heavy atom. The molecule has 0 bridgehead atoms. The summed E-state index contributed by atoms with van der Waals surface area (Å²) < 4.78 is 11.9. The van der Waals surface area contributed by atoms with Crippen LogP contribution in [0.3, 0.4) is 0 Å². The molecule has 0 saturated heterocycles. The molecule has 0 fully saturated rings. The first kappa shape index (κ1) is 23.4. The molecule has 2 aromatic carbocycles. The zero-order valence-corrected chi connectivity index (χ0v) is 21.5. The number of ether oxygens (including phenoxy) is 1. The third-order valence-corrected chi connectivity index (χ3v) is 6.64. The van der Waals surface area contributed by atoms with Crippen molar-refractivity contribution >= 4 is 44.7 Å². The van der Waals surface area contributed by atoms with Crippen molar-refractivity contribution in [3.63, 3.8) is 0 Å². The van der Waals surface area contributed by atoms with Gasteiger partial charge in [0.05, 0.1) is 13.3 Å². The minimum absolute atomic E-state index is 0.106. The van der Waals surface area contributed by atoms with Crippen LogP contribution >= 0.6 is 15.9 Å². The summed E-state index contributed by atoms with van der Waals surface area (Å²) in [4.78, 5) is 15.1. The van der Waals surface area contributed by atoms with Gasteiger partial charge in [-0.1, -0.05) is 28.9 Å². The van der Waals surface area contributed by atoms with Crippen LogP contribution in [0.25, 0.3) is 11.0 Å². The molecule has 2 heterocycles. The van der Waals surface area contributed by atoms with Crippen LogP contribution in [0.1, 0.15) is 68.6 Å². The normalized spacial score (nSPS) is 17.6. The number of hydrazone groups is 1. The maximum Gasteiger partial charge on any atom is 0.307 e. The summed E-state index contributed by atoms with van der Waals surface area (Å²) >= 11 is 3.44. The van der Waals surface area contributed by atoms with E-state index in [0.717, 1.165) is 21.8 Å². The van der Waals surface area contributed by atoms with Crippen LogP contribution in [0.5, 0.6) is 5.75 Å². The molecule has 1 atom stereocenters. The predicted molar refractivity (Wildman–Crippen MR) is 137 cm³/mol. The molecule has 6 nitrogen and oxygen atoms in total. The van der Waals surface area contributed by atoms with Crippen LogP contribution in [0.15, 0.2) is 50.4 Å². The number of nitrogens with one attached hydrogen (secondary N) is 1. The van der Waals surface area contributed by atoms with E-state index in [9.17, 15) is 4.79 Å². The van der Waals surface area contributed by atoms with Crippen molar-refractivity contribution < 1.29 is 13.9 Å². The SMILES string of the molecule is COc1cc(Br)cc2cc(C(=O)N/N=C\c3ccc4c(c3)[C@@H](C)CC(C)(C)N4C(C)C)oc12. The molecule has 7 heteroatoms. The van der Waals surface area contributed by atoms with E-state index in [1.54, 1.807) is 25.5 Å². The topological polar surface area (TPSA) is 67.1 Å². The number of hydrogen-bond donors (Lipinski definition) is 1. The van der Waals surface area contributed by atoms with Crippen LogP contribution in [0.4, 0.5) is 5.69 Å². The number of hydrogen-bond acceptors (Lipinski definition) is 5. The molecule has 0 saturated carbocycles. The van der Waals surface area contributed by atoms with Gasteiger partial charge in [-0.15, -0.1) is 0 Å². The van der Waals surface area contributed by atoms with Gasteiger partial charge in [0.25, 0.3) is 0 Å². The molecule has 1 aromatic heterocycles. The van der Waals surface area contributed by atoms with Gasteiger partial charge in [0.15, 0.2) is 17.1 Å². The number of amides is 1. The number of fused-ring (bicyclic) bond motifs is 2. The molecule has 33 heavy (non-hydrogen) atoms. The van der Waals surface area contributed by atoms with Crippen LogP contribution in [-0.2, 0) is 0 Å². The Labute approximate surface area is 203 Å². The predicted octanol–water partition coefficient (Wildman–Crippen LogP) is 6.47. The summed E-state index contributed by atoms with van der Waals surface area (Å²) in [5.74, 6) is 0.758. The Morgan fingerprint density at radius 2 is 2.06 bits per heavy atom. The highest BCUT2D eigenvalue weighted by Gasteiger charge is 2.37. The van der Waals surface area contributed by atoms with E-state index in [-0.39, 0.29) is 11.3 Å². The molecule has 1 aliphatic rings. The fraction of sp³-hybridized carbons (Fsp3) is 0.385. The lowest BCUT2D eigenvalue weighted by atomic mass is 9.79. The van der Waals surface area contributed by atoms with Crippen molar-refractivity contribution in [2.45, 2.75) is 58.5 Å². The van der Waals surface area contributed by atoms with Crippen LogP contribution in [-0.4, -0.2) is 30.8 Å². The van der Waals surface area contributed by atoms with E-state index >= 15 is 0 Å². The zero-order valence-electron chi connectivity index (χ0n) is 19.9. The van der Waals surface area contributed by atoms with Gasteiger partial charge < -0.3 is 14.1 Å². The Hall–Kier alpha value is -2.80. The number of carbonyl (C=O) groups excluding carboxylic acids is 1. The van der Waals surface area contributed by atoms with E-state index < -0.39 is 5.91 Å². The van der Waals surface area contributed by atoms with Gasteiger partial charge in [0.2, 0.25) is 0 Å². The summed E-state index contributed by atoms with van der Waals surface area (Å²) in [5, 5.41) is 4.94. The second-order valence-corrected chi connectivity index (χ2v) is 10.5. The maximum absolute atomic E-state index is 12.6. The van der Waals surface area contributed by atoms with Crippen molar-refractivity contribution in [1.29, 1.82) is 0 Å². The molecule has 4 rings (SSSR count). The van der Waals surface area contributed by atoms with Crippen molar-refractivity contribution in [3.05, 3.63) is 57.8 Å². The van der Waals surface area contributed by atoms with Crippen molar-refractivity contribution in [3.8, 4) is 5.75 Å². The van der Waals surface area contributed by atoms with Gasteiger partial charge in [0, 0.05) is 27.1 Å². The number of carbonyl (C=O) groups is 1. The monoisotopic (exact) mass is 511 g/mol. The van der Waals surface area contributed by atoms with Crippen molar-refractivity contribution in [2.24, 2.45) is 5.10 Å². The Balaban J connectivity index is 1.53. The lowest BCUT2D eigenvalue weighted by Gasteiger charge is -2.50. The summed E-state index contributed by atoms with van der Waals surface area (Å²) in [6.07, 6.45) is 2.76. The summed E-state index contributed by atoms with van der Waals surface area (Å²) in [6, 6.07) is 12.1. The molecular formula is C26H30BrN3O3. The quantitative estimate of drug-likeness (QED) is 0.314. The molecule has 1 amide bonds. The summed E-state index contributed by atoms with van der Waals surface area (Å²) in [5.41, 5.74) is 6.73. The highest BCUT2D eigenvalue weighted by molar-refractivity contribution is 9.10. The zero-order chi connectivity index (χ0) is 23.9. The number of methoxy groups -OCH3 is 1. The van der Waals surface area contributed by atoms with Crippen LogP contribution in [0.2, 0.25) is 0 Å². The number of halogens is 1. The number of rotatable bonds is 5. The first-order valence-corrected chi connectivity index (χ1v) is 11.9. The molecule has 174 valence electrons. The van der Waals surface area contributed by atoms with E-state index in [0.29, 0.717) is 23.3 Å². The molecule has 3 aromatic rings. The summed E-state index contributed by atoms with van der Waals surface area (Å²) in [7, 11) is 1.56. The Morgan fingerprint density at radius 1 is 1.30 bits per heavy atom. The third kappa shape index (κ3) is 4.51. The number of anilines is 1. The Kier molecular flexibility index (Phi) is 6.27. The lowest BCUT2D eigenvalue weighted by Crippen LogP contribution is -2.51. The van der Waals surface area contributed by atoms with E-state index in [1.165, 1.54) is 11.3 Å². The van der Waals surface area contributed by atoms with Gasteiger partial charge in [-0.25, -0.2) is 5.43 Å². The molecule has 0 unspecified atom stereocenters. The lowest BCUT2D eigenvalue weighted by molar-refractivity contribution is 0.0929. The molecule has 1 N–H and O–H groups in total. The second kappa shape index (κ2) is 8.86. The molecule has 1 aliphatic heterocycles. The number of furan rings is 1. The maximum atomic E-state index is 12.6. The standard InChI is InChI=1S/C26H30BrN3O3/c1-15(2)30-21-8-7-17(9-20(21)16(3)13-26(30,4)5)14-28-29-25(31)23-11-18-10-19(27)12-22(32-6)24(18)33-23/h7-12,14-16H,13H2,1-6H3,(H,29,31)/b28-14-/t16-/m0/s1. The second-order valence-electron chi connectivity index (χ2n) is 9.54. The number of nitrogens with zero attached hydrogens (tertiary/aromatic N) is 2. The average Bonchev–Trinajstić information content (AvgIpc) is 3.16. The fourth-order valence-electron chi connectivity index (χ4n) is 5.10. The van der Waals surface area contributed by atoms with E-state index in [4.69, 9.17) is 9.15 Å². The largest absolute Gasteiger partial charge is 0.493 e. The first-order chi connectivity index (χ1) is 15.6. The first-order valence-electron chi connectivity index (χ1n) is 11.1. The minimum atomic E-state index is -0.417. The molecule has 0 aliphatic carbocycles. The van der Waals surface area contributed by atoms with E-state index in [1.807, 2.05) is 12.1 Å². The van der Waals surface area contributed by atoms with Crippen molar-refractivity contribution in [2.75, 3.05) is 12.0 Å². The van der Waals surface area contributed by atoms with Crippen LogP contribution in [0, 0.1) is 0 Å². The number of benzene rings is 2.